The van der Waals surface area contributed by atoms with Crippen molar-refractivity contribution in [2.24, 2.45) is 0 Å². The first-order valence-corrected chi connectivity index (χ1v) is 4.59. The maximum atomic E-state index is 11.6. The van der Waals surface area contributed by atoms with E-state index in [4.69, 9.17) is 4.42 Å². The SMILES string of the molecule is C[C@H](NC(=O)n1ccnc1)c1ccco1. The molecule has 0 aromatic carbocycles. The van der Waals surface area contributed by atoms with Gasteiger partial charge in [-0.3, -0.25) is 4.57 Å². The zero-order valence-corrected chi connectivity index (χ0v) is 8.25. The van der Waals surface area contributed by atoms with E-state index in [9.17, 15) is 4.79 Å². The van der Waals surface area contributed by atoms with E-state index in [2.05, 4.69) is 10.3 Å². The maximum Gasteiger partial charge on any atom is 0.327 e. The summed E-state index contributed by atoms with van der Waals surface area (Å²) in [6, 6.07) is 3.22. The highest BCUT2D eigenvalue weighted by molar-refractivity contribution is 5.76. The van der Waals surface area contributed by atoms with E-state index in [-0.39, 0.29) is 12.1 Å². The molecule has 1 atom stereocenters. The van der Waals surface area contributed by atoms with Crippen molar-refractivity contribution in [3.05, 3.63) is 42.9 Å². The molecule has 0 aliphatic rings. The first-order valence-electron chi connectivity index (χ1n) is 4.59. The van der Waals surface area contributed by atoms with Crippen LogP contribution in [0.1, 0.15) is 18.7 Å². The number of furan rings is 1. The lowest BCUT2D eigenvalue weighted by molar-refractivity contribution is 0.237. The second-order valence-corrected chi connectivity index (χ2v) is 3.16. The standard InChI is InChI=1S/C10H11N3O2/c1-8(9-3-2-6-15-9)12-10(14)13-5-4-11-7-13/h2-8H,1H3,(H,12,14)/t8-/m0/s1. The highest BCUT2D eigenvalue weighted by Gasteiger charge is 2.12. The Bertz CT molecular complexity index is 419. The number of nitrogens with zero attached hydrogens (tertiary/aromatic N) is 2. The van der Waals surface area contributed by atoms with Crippen molar-refractivity contribution >= 4 is 6.03 Å². The molecule has 0 aliphatic carbocycles. The van der Waals surface area contributed by atoms with Crippen LogP contribution in [0.25, 0.3) is 0 Å². The molecular formula is C10H11N3O2. The molecule has 78 valence electrons. The number of hydrogen-bond donors (Lipinski definition) is 1. The molecule has 1 amide bonds. The smallest absolute Gasteiger partial charge is 0.327 e. The number of aromatic nitrogens is 2. The summed E-state index contributed by atoms with van der Waals surface area (Å²) in [5, 5.41) is 2.77. The summed E-state index contributed by atoms with van der Waals surface area (Å²) in [4.78, 5) is 15.4. The van der Waals surface area contributed by atoms with Crippen molar-refractivity contribution in [3.8, 4) is 0 Å². The van der Waals surface area contributed by atoms with Crippen LogP contribution in [0.5, 0.6) is 0 Å². The molecule has 5 heteroatoms. The first kappa shape index (κ1) is 9.51. The Labute approximate surface area is 86.7 Å². The monoisotopic (exact) mass is 205 g/mol. The van der Waals surface area contributed by atoms with Crippen LogP contribution in [0.15, 0.2) is 41.5 Å². The van der Waals surface area contributed by atoms with Gasteiger partial charge in [0.15, 0.2) is 0 Å². The van der Waals surface area contributed by atoms with Crippen molar-refractivity contribution in [2.45, 2.75) is 13.0 Å². The van der Waals surface area contributed by atoms with Gasteiger partial charge in [0.25, 0.3) is 0 Å². The van der Waals surface area contributed by atoms with Crippen molar-refractivity contribution in [2.75, 3.05) is 0 Å². The molecule has 0 radical (unpaired) electrons. The zero-order valence-electron chi connectivity index (χ0n) is 8.25. The molecule has 0 unspecified atom stereocenters. The minimum absolute atomic E-state index is 0.158. The fourth-order valence-electron chi connectivity index (χ4n) is 1.25. The van der Waals surface area contributed by atoms with Crippen molar-refractivity contribution in [1.82, 2.24) is 14.9 Å². The summed E-state index contributed by atoms with van der Waals surface area (Å²) >= 11 is 0. The number of rotatable bonds is 2. The van der Waals surface area contributed by atoms with E-state index in [1.807, 2.05) is 13.0 Å². The molecule has 0 spiro atoms. The fraction of sp³-hybridized carbons (Fsp3) is 0.200. The Morgan fingerprint density at radius 1 is 1.67 bits per heavy atom. The molecule has 1 N–H and O–H groups in total. The summed E-state index contributed by atoms with van der Waals surface area (Å²) in [7, 11) is 0. The van der Waals surface area contributed by atoms with Crippen molar-refractivity contribution in [1.29, 1.82) is 0 Å². The predicted molar refractivity (Wildman–Crippen MR) is 53.3 cm³/mol. The number of carbonyl (C=O) groups excluding carboxylic acids is 1. The third-order valence-electron chi connectivity index (χ3n) is 2.05. The van der Waals surface area contributed by atoms with Crippen LogP contribution >= 0.6 is 0 Å². The summed E-state index contributed by atoms with van der Waals surface area (Å²) in [6.07, 6.45) is 6.17. The van der Waals surface area contributed by atoms with Gasteiger partial charge in [-0.15, -0.1) is 0 Å². The third kappa shape index (κ3) is 2.07. The molecule has 5 nitrogen and oxygen atoms in total. The molecule has 15 heavy (non-hydrogen) atoms. The van der Waals surface area contributed by atoms with Crippen molar-refractivity contribution < 1.29 is 9.21 Å². The number of hydrogen-bond acceptors (Lipinski definition) is 3. The van der Waals surface area contributed by atoms with Crippen LogP contribution in [0, 0.1) is 0 Å². The maximum absolute atomic E-state index is 11.6. The van der Waals surface area contributed by atoms with Crippen LogP contribution in [-0.4, -0.2) is 15.6 Å². The van der Waals surface area contributed by atoms with E-state index in [0.717, 1.165) is 5.76 Å². The Morgan fingerprint density at radius 3 is 3.13 bits per heavy atom. The molecule has 2 heterocycles. The van der Waals surface area contributed by atoms with Crippen LogP contribution < -0.4 is 5.32 Å². The Morgan fingerprint density at radius 2 is 2.53 bits per heavy atom. The van der Waals surface area contributed by atoms with Gasteiger partial charge >= 0.3 is 6.03 Å². The lowest BCUT2D eigenvalue weighted by Crippen LogP contribution is -2.29. The molecule has 0 bridgehead atoms. The van der Waals surface area contributed by atoms with Gasteiger partial charge in [-0.1, -0.05) is 0 Å². The molecule has 2 aromatic heterocycles. The second kappa shape index (κ2) is 4.00. The molecule has 0 saturated carbocycles. The molecule has 0 aliphatic heterocycles. The van der Waals surface area contributed by atoms with Crippen LogP contribution in [-0.2, 0) is 0 Å². The number of carbonyl (C=O) groups is 1. The van der Waals surface area contributed by atoms with Gasteiger partial charge in [-0.25, -0.2) is 9.78 Å². The van der Waals surface area contributed by atoms with Gasteiger partial charge in [-0.2, -0.15) is 0 Å². The van der Waals surface area contributed by atoms with E-state index < -0.39 is 0 Å². The van der Waals surface area contributed by atoms with E-state index >= 15 is 0 Å². The van der Waals surface area contributed by atoms with Crippen LogP contribution in [0.2, 0.25) is 0 Å². The topological polar surface area (TPSA) is 60.1 Å². The van der Waals surface area contributed by atoms with Crippen LogP contribution in [0.4, 0.5) is 4.79 Å². The predicted octanol–water partition coefficient (Wildman–Crippen LogP) is 1.79. The third-order valence-corrected chi connectivity index (χ3v) is 2.05. The summed E-state index contributed by atoms with van der Waals surface area (Å²) < 4.78 is 6.55. The average Bonchev–Trinajstić information content (AvgIpc) is 2.91. The lowest BCUT2D eigenvalue weighted by Gasteiger charge is -2.10. The fourth-order valence-corrected chi connectivity index (χ4v) is 1.25. The van der Waals surface area contributed by atoms with Gasteiger partial charge in [-0.05, 0) is 19.1 Å². The highest BCUT2D eigenvalue weighted by Crippen LogP contribution is 2.11. The summed E-state index contributed by atoms with van der Waals surface area (Å²) in [6.45, 7) is 1.85. The Balaban J connectivity index is 2.01. The number of nitrogens with one attached hydrogen (secondary N) is 1. The van der Waals surface area contributed by atoms with Crippen LogP contribution in [0.3, 0.4) is 0 Å². The molecule has 2 rings (SSSR count). The van der Waals surface area contributed by atoms with Gasteiger partial charge in [0.2, 0.25) is 0 Å². The number of amides is 1. The Kier molecular flexibility index (Phi) is 2.53. The van der Waals surface area contributed by atoms with Gasteiger partial charge in [0, 0.05) is 12.4 Å². The van der Waals surface area contributed by atoms with Gasteiger partial charge in [0.05, 0.1) is 12.3 Å². The largest absolute Gasteiger partial charge is 0.467 e. The average molecular weight is 205 g/mol. The van der Waals surface area contributed by atoms with E-state index in [0.29, 0.717) is 0 Å². The molecule has 0 fully saturated rings. The van der Waals surface area contributed by atoms with E-state index in [1.54, 1.807) is 24.7 Å². The van der Waals surface area contributed by atoms with Gasteiger partial charge in [0.1, 0.15) is 12.1 Å². The lowest BCUT2D eigenvalue weighted by atomic mass is 10.2. The van der Waals surface area contributed by atoms with Gasteiger partial charge < -0.3 is 9.73 Å². The molecular weight excluding hydrogens is 194 g/mol. The molecule has 0 saturated heterocycles. The zero-order chi connectivity index (χ0) is 10.7. The quantitative estimate of drug-likeness (QED) is 0.813. The highest BCUT2D eigenvalue weighted by atomic mass is 16.3. The number of imidazole rings is 1. The molecule has 2 aromatic rings. The van der Waals surface area contributed by atoms with E-state index in [1.165, 1.54) is 10.9 Å². The minimum atomic E-state index is -0.226. The summed E-state index contributed by atoms with van der Waals surface area (Å²) in [5.74, 6) is 0.725. The van der Waals surface area contributed by atoms with Crippen molar-refractivity contribution in [3.63, 3.8) is 0 Å². The Hall–Kier alpha value is -2.04. The minimum Gasteiger partial charge on any atom is -0.467 e. The summed E-state index contributed by atoms with van der Waals surface area (Å²) in [5.41, 5.74) is 0. The normalized spacial score (nSPS) is 12.3. The second-order valence-electron chi connectivity index (χ2n) is 3.16. The first-order chi connectivity index (χ1) is 7.27.